The van der Waals surface area contributed by atoms with E-state index in [9.17, 15) is 0 Å². The van der Waals surface area contributed by atoms with Crippen LogP contribution in [0.3, 0.4) is 0 Å². The van der Waals surface area contributed by atoms with E-state index in [0.717, 1.165) is 11.0 Å². The molecule has 1 aromatic heterocycles. The number of hydrogen-bond donors (Lipinski definition) is 0. The van der Waals surface area contributed by atoms with Crippen molar-refractivity contribution in [3.05, 3.63) is 17.7 Å². The van der Waals surface area contributed by atoms with Gasteiger partial charge in [0.1, 0.15) is 5.52 Å². The minimum Gasteiger partial charge on any atom is -0.174 e. The summed E-state index contributed by atoms with van der Waals surface area (Å²) in [6.45, 7) is 4.08. The predicted octanol–water partition coefficient (Wildman–Crippen LogP) is 1.38. The molecule has 0 aliphatic rings. The van der Waals surface area contributed by atoms with Crippen LogP contribution in [0.1, 0.15) is 5.56 Å². The Kier molecular flexibility index (Phi) is 1.85. The minimum absolute atomic E-state index is 1.03. The van der Waals surface area contributed by atoms with Crippen molar-refractivity contribution in [3.8, 4) is 0 Å². The van der Waals surface area contributed by atoms with Crippen molar-refractivity contribution in [2.24, 2.45) is 0 Å². The average Bonchev–Trinajstić information content (AvgIpc) is 2.54. The standard InChI is InChI=1S/C8H8BN2S/c1-5-3-4-6(9-2)8-7(5)10-12-11-8/h3-4H,1-2H3. The molecule has 0 aliphatic carbocycles. The van der Waals surface area contributed by atoms with E-state index in [1.54, 1.807) is 0 Å². The Morgan fingerprint density at radius 1 is 1.25 bits per heavy atom. The van der Waals surface area contributed by atoms with Gasteiger partial charge in [-0.05, 0) is 12.5 Å². The normalized spacial score (nSPS) is 10.5. The van der Waals surface area contributed by atoms with Gasteiger partial charge < -0.3 is 0 Å². The summed E-state index contributed by atoms with van der Waals surface area (Å²) < 4.78 is 8.49. The topological polar surface area (TPSA) is 25.8 Å². The third-order valence-electron chi connectivity index (χ3n) is 1.96. The Morgan fingerprint density at radius 3 is 2.75 bits per heavy atom. The summed E-state index contributed by atoms with van der Waals surface area (Å²) in [6.07, 6.45) is 0. The number of nitrogens with zero attached hydrogens (tertiary/aromatic N) is 2. The van der Waals surface area contributed by atoms with Crippen LogP contribution in [-0.4, -0.2) is 16.0 Å². The van der Waals surface area contributed by atoms with Gasteiger partial charge >= 0.3 is 0 Å². The Bertz CT molecular complexity index is 410. The average molecular weight is 175 g/mol. The molecule has 2 rings (SSSR count). The van der Waals surface area contributed by atoms with Gasteiger partial charge in [-0.15, -0.1) is 0 Å². The molecule has 0 bridgehead atoms. The number of benzene rings is 1. The molecule has 0 saturated carbocycles. The van der Waals surface area contributed by atoms with Crippen molar-refractivity contribution in [2.45, 2.75) is 13.7 Å². The summed E-state index contributed by atoms with van der Waals surface area (Å²) in [5.74, 6) is 0. The molecule has 0 aliphatic heterocycles. The maximum atomic E-state index is 4.25. The van der Waals surface area contributed by atoms with Gasteiger partial charge in [-0.25, -0.2) is 0 Å². The highest BCUT2D eigenvalue weighted by Gasteiger charge is 2.05. The highest BCUT2D eigenvalue weighted by molar-refractivity contribution is 7.00. The predicted molar refractivity (Wildman–Crippen MR) is 53.4 cm³/mol. The molecular weight excluding hydrogens is 167 g/mol. The second-order valence-electron chi connectivity index (χ2n) is 2.72. The van der Waals surface area contributed by atoms with E-state index in [4.69, 9.17) is 0 Å². The van der Waals surface area contributed by atoms with Crippen LogP contribution in [0.2, 0.25) is 6.82 Å². The molecule has 0 fully saturated rings. The maximum Gasteiger partial charge on any atom is 0.151 e. The summed E-state index contributed by atoms with van der Waals surface area (Å²) in [7, 11) is 2.06. The van der Waals surface area contributed by atoms with Gasteiger partial charge in [0.2, 0.25) is 0 Å². The van der Waals surface area contributed by atoms with Crippen LogP contribution in [-0.2, 0) is 0 Å². The molecule has 0 unspecified atom stereocenters. The first-order valence-electron chi connectivity index (χ1n) is 3.84. The molecule has 12 heavy (non-hydrogen) atoms. The van der Waals surface area contributed by atoms with E-state index in [-0.39, 0.29) is 0 Å². The van der Waals surface area contributed by atoms with Crippen molar-refractivity contribution < 1.29 is 0 Å². The fraction of sp³-hybridized carbons (Fsp3) is 0.250. The van der Waals surface area contributed by atoms with Crippen molar-refractivity contribution in [3.63, 3.8) is 0 Å². The van der Waals surface area contributed by atoms with Crippen LogP contribution in [0.4, 0.5) is 0 Å². The molecule has 4 heteroatoms. The van der Waals surface area contributed by atoms with Crippen LogP contribution < -0.4 is 5.46 Å². The van der Waals surface area contributed by atoms with Gasteiger partial charge in [0.05, 0.1) is 17.2 Å². The second kappa shape index (κ2) is 2.86. The van der Waals surface area contributed by atoms with Gasteiger partial charge in [0.25, 0.3) is 0 Å². The van der Waals surface area contributed by atoms with Crippen molar-refractivity contribution in [1.29, 1.82) is 0 Å². The molecule has 0 spiro atoms. The van der Waals surface area contributed by atoms with Gasteiger partial charge in [0, 0.05) is 0 Å². The third kappa shape index (κ3) is 1.03. The lowest BCUT2D eigenvalue weighted by molar-refractivity contribution is 1.49. The van der Waals surface area contributed by atoms with E-state index < -0.39 is 0 Å². The van der Waals surface area contributed by atoms with Crippen LogP contribution in [0, 0.1) is 6.92 Å². The van der Waals surface area contributed by atoms with E-state index in [0.29, 0.717) is 0 Å². The molecule has 1 radical (unpaired) electrons. The fourth-order valence-electron chi connectivity index (χ4n) is 1.24. The van der Waals surface area contributed by atoms with E-state index >= 15 is 0 Å². The molecule has 2 nitrogen and oxygen atoms in total. The monoisotopic (exact) mass is 175 g/mol. The molecule has 2 aromatic rings. The van der Waals surface area contributed by atoms with Gasteiger partial charge in [-0.1, -0.05) is 24.4 Å². The summed E-state index contributed by atoms with van der Waals surface area (Å²) in [6, 6.07) is 4.16. The fourth-order valence-corrected chi connectivity index (χ4v) is 1.87. The molecule has 0 N–H and O–H groups in total. The Hall–Kier alpha value is -0.895. The Morgan fingerprint density at radius 2 is 2.00 bits per heavy atom. The van der Waals surface area contributed by atoms with Crippen LogP contribution in [0.15, 0.2) is 12.1 Å². The van der Waals surface area contributed by atoms with Crippen LogP contribution >= 0.6 is 11.7 Å². The quantitative estimate of drug-likeness (QED) is 0.611. The zero-order chi connectivity index (χ0) is 8.55. The van der Waals surface area contributed by atoms with Crippen molar-refractivity contribution in [1.82, 2.24) is 8.75 Å². The highest BCUT2D eigenvalue weighted by Crippen LogP contribution is 2.13. The first-order valence-corrected chi connectivity index (χ1v) is 4.57. The number of rotatable bonds is 1. The van der Waals surface area contributed by atoms with Gasteiger partial charge in [0.15, 0.2) is 7.28 Å². The molecule has 1 heterocycles. The number of fused-ring (bicyclic) bond motifs is 1. The zero-order valence-electron chi connectivity index (χ0n) is 7.03. The first-order chi connectivity index (χ1) is 5.83. The highest BCUT2D eigenvalue weighted by atomic mass is 32.1. The summed E-state index contributed by atoms with van der Waals surface area (Å²) in [4.78, 5) is 0. The smallest absolute Gasteiger partial charge is 0.151 e. The summed E-state index contributed by atoms with van der Waals surface area (Å²) >= 11 is 1.28. The van der Waals surface area contributed by atoms with E-state index in [2.05, 4.69) is 35.1 Å². The first kappa shape index (κ1) is 7.74. The number of aromatic nitrogens is 2. The second-order valence-corrected chi connectivity index (χ2v) is 3.25. The lowest BCUT2D eigenvalue weighted by Gasteiger charge is -1.97. The van der Waals surface area contributed by atoms with Crippen LogP contribution in [0.25, 0.3) is 11.0 Å². The van der Waals surface area contributed by atoms with Gasteiger partial charge in [-0.3, -0.25) is 0 Å². The third-order valence-corrected chi connectivity index (χ3v) is 2.49. The largest absolute Gasteiger partial charge is 0.174 e. The van der Waals surface area contributed by atoms with E-state index in [1.807, 2.05) is 6.82 Å². The molecule has 1 aromatic carbocycles. The Labute approximate surface area is 76.2 Å². The molecule has 0 saturated heterocycles. The summed E-state index contributed by atoms with van der Waals surface area (Å²) in [5.41, 5.74) is 4.44. The van der Waals surface area contributed by atoms with Crippen molar-refractivity contribution >= 4 is 35.5 Å². The minimum atomic E-state index is 1.03. The molecule has 0 amide bonds. The molecular formula is C8H8BN2S. The maximum absolute atomic E-state index is 4.25. The number of aryl methyl sites for hydroxylation is 1. The number of hydrogen-bond acceptors (Lipinski definition) is 3. The van der Waals surface area contributed by atoms with Crippen LogP contribution in [0.5, 0.6) is 0 Å². The Balaban J connectivity index is 2.82. The summed E-state index contributed by atoms with van der Waals surface area (Å²) in [5, 5.41) is 0. The lowest BCUT2D eigenvalue weighted by atomic mass is 9.72. The van der Waals surface area contributed by atoms with E-state index in [1.165, 1.54) is 22.8 Å². The van der Waals surface area contributed by atoms with Gasteiger partial charge in [-0.2, -0.15) is 8.75 Å². The molecule has 0 atom stereocenters. The molecule has 59 valence electrons. The zero-order valence-corrected chi connectivity index (χ0v) is 7.85. The lowest BCUT2D eigenvalue weighted by Crippen LogP contribution is -2.11. The van der Waals surface area contributed by atoms with Crippen molar-refractivity contribution in [2.75, 3.05) is 0 Å². The SMILES string of the molecule is C[B]c1ccc(C)c2nsnc12.